The van der Waals surface area contributed by atoms with E-state index in [-0.39, 0.29) is 29.4 Å². The quantitative estimate of drug-likeness (QED) is 0.151. The Morgan fingerprint density at radius 1 is 0.800 bits per heavy atom. The van der Waals surface area contributed by atoms with Crippen LogP contribution in [0.25, 0.3) is 11.3 Å². The van der Waals surface area contributed by atoms with Crippen molar-refractivity contribution in [3.63, 3.8) is 0 Å². The Morgan fingerprint density at radius 3 is 2.22 bits per heavy atom. The first-order valence-electron chi connectivity index (χ1n) is 14.5. The van der Waals surface area contributed by atoms with Crippen LogP contribution in [0.1, 0.15) is 34.9 Å². The molecule has 0 spiro atoms. The van der Waals surface area contributed by atoms with Gasteiger partial charge in [-0.1, -0.05) is 66.7 Å². The highest BCUT2D eigenvalue weighted by Crippen LogP contribution is 2.28. The molecule has 1 atom stereocenters. The normalized spacial score (nSPS) is 12.1. The molecule has 0 N–H and O–H groups in total. The Morgan fingerprint density at radius 2 is 1.51 bits per heavy atom. The molecule has 0 aliphatic heterocycles. The highest BCUT2D eigenvalue weighted by molar-refractivity contribution is 7.91. The average molecular weight is 626 g/mol. The van der Waals surface area contributed by atoms with Crippen molar-refractivity contribution in [1.29, 1.82) is 0 Å². The van der Waals surface area contributed by atoms with Crippen molar-refractivity contribution >= 4 is 9.84 Å². The molecule has 5 rings (SSSR count). The topological polar surface area (TPSA) is 110 Å². The number of nitrogens with zero attached hydrogens (tertiary/aromatic N) is 3. The van der Waals surface area contributed by atoms with Crippen LogP contribution >= 0.6 is 0 Å². The van der Waals surface area contributed by atoms with E-state index in [4.69, 9.17) is 14.2 Å². The summed E-state index contributed by atoms with van der Waals surface area (Å²) in [5.41, 5.74) is 4.00. The van der Waals surface area contributed by atoms with Gasteiger partial charge in [0.2, 0.25) is 15.0 Å². The van der Waals surface area contributed by atoms with Gasteiger partial charge in [-0.3, -0.25) is 4.79 Å². The molecule has 3 aromatic carbocycles. The number of ether oxygens (including phenoxy) is 3. The second-order valence-electron chi connectivity index (χ2n) is 10.6. The van der Waals surface area contributed by atoms with Gasteiger partial charge in [0.05, 0.1) is 44.9 Å². The van der Waals surface area contributed by atoms with Crippen LogP contribution in [0.3, 0.4) is 0 Å². The number of aryl methyl sites for hydroxylation is 1. The molecular formula is C35H35N3O6S. The van der Waals surface area contributed by atoms with Crippen LogP contribution in [-0.4, -0.2) is 42.9 Å². The lowest BCUT2D eigenvalue weighted by Crippen LogP contribution is -2.19. The van der Waals surface area contributed by atoms with Gasteiger partial charge in [0, 0.05) is 23.5 Å². The SMILES string of the molecule is COc1ccc(Cn2cc(-c3cc(C)nc(S(=O)(=O)CCC(OCc4ccccc4)c4ccccc4)n3)ccc2=O)cc1OC. The van der Waals surface area contributed by atoms with E-state index in [0.29, 0.717) is 35.1 Å². The van der Waals surface area contributed by atoms with Gasteiger partial charge in [0.1, 0.15) is 0 Å². The van der Waals surface area contributed by atoms with Crippen LogP contribution in [0.2, 0.25) is 0 Å². The Hall–Kier alpha value is -4.80. The fourth-order valence-corrected chi connectivity index (χ4v) is 6.18. The van der Waals surface area contributed by atoms with Crippen LogP contribution < -0.4 is 15.0 Å². The van der Waals surface area contributed by atoms with Gasteiger partial charge in [-0.15, -0.1) is 0 Å². The lowest BCUT2D eigenvalue weighted by Gasteiger charge is -2.18. The molecule has 1 unspecified atom stereocenters. The lowest BCUT2D eigenvalue weighted by atomic mass is 10.1. The molecule has 0 saturated carbocycles. The highest BCUT2D eigenvalue weighted by Gasteiger charge is 2.23. The third kappa shape index (κ3) is 8.03. The largest absolute Gasteiger partial charge is 0.493 e. The molecular weight excluding hydrogens is 590 g/mol. The first-order valence-corrected chi connectivity index (χ1v) is 16.1. The average Bonchev–Trinajstić information content (AvgIpc) is 3.06. The standard InChI is InChI=1S/C35H35N3O6S/c1-25-20-30(29-15-17-34(39)38(23-29)22-27-14-16-32(42-2)33(21-27)43-3)37-35(36-25)45(40,41)19-18-31(28-12-8-5-9-13-28)44-24-26-10-6-4-7-11-26/h4-17,20-21,23,31H,18-19,22,24H2,1-3H3. The second kappa shape index (κ2) is 14.3. The summed E-state index contributed by atoms with van der Waals surface area (Å²) in [6, 6.07) is 29.6. The minimum Gasteiger partial charge on any atom is -0.493 e. The summed E-state index contributed by atoms with van der Waals surface area (Å²) in [4.78, 5) is 21.5. The minimum atomic E-state index is -3.88. The summed E-state index contributed by atoms with van der Waals surface area (Å²) < 4.78 is 45.6. The van der Waals surface area contributed by atoms with Crippen molar-refractivity contribution in [2.45, 2.75) is 37.8 Å². The van der Waals surface area contributed by atoms with Crippen molar-refractivity contribution in [1.82, 2.24) is 14.5 Å². The smallest absolute Gasteiger partial charge is 0.250 e. The Bertz CT molecular complexity index is 1910. The number of methoxy groups -OCH3 is 2. The second-order valence-corrected chi connectivity index (χ2v) is 12.6. The van der Waals surface area contributed by atoms with Gasteiger partial charge < -0.3 is 18.8 Å². The first-order chi connectivity index (χ1) is 21.8. The predicted octanol–water partition coefficient (Wildman–Crippen LogP) is 5.80. The van der Waals surface area contributed by atoms with Crippen LogP contribution in [0, 0.1) is 6.92 Å². The molecule has 0 aliphatic rings. The maximum atomic E-state index is 13.6. The maximum Gasteiger partial charge on any atom is 0.250 e. The van der Waals surface area contributed by atoms with Gasteiger partial charge in [-0.05, 0) is 54.3 Å². The molecule has 232 valence electrons. The van der Waals surface area contributed by atoms with E-state index in [1.165, 1.54) is 10.6 Å². The van der Waals surface area contributed by atoms with E-state index in [0.717, 1.165) is 16.7 Å². The number of aromatic nitrogens is 3. The zero-order chi connectivity index (χ0) is 31.8. The molecule has 2 heterocycles. The van der Waals surface area contributed by atoms with E-state index in [9.17, 15) is 13.2 Å². The van der Waals surface area contributed by atoms with Crippen molar-refractivity contribution in [3.05, 3.63) is 136 Å². The van der Waals surface area contributed by atoms with E-state index < -0.39 is 15.9 Å². The minimum absolute atomic E-state index is 0.205. The summed E-state index contributed by atoms with van der Waals surface area (Å²) in [5, 5.41) is -0.259. The number of benzene rings is 3. The first kappa shape index (κ1) is 31.6. The Balaban J connectivity index is 1.37. The van der Waals surface area contributed by atoms with Crippen LogP contribution in [0.5, 0.6) is 11.5 Å². The predicted molar refractivity (Wildman–Crippen MR) is 172 cm³/mol. The van der Waals surface area contributed by atoms with E-state index in [1.54, 1.807) is 45.5 Å². The zero-order valence-electron chi connectivity index (χ0n) is 25.4. The maximum absolute atomic E-state index is 13.6. The summed E-state index contributed by atoms with van der Waals surface area (Å²) in [5.74, 6) is 0.939. The molecule has 0 bridgehead atoms. The monoisotopic (exact) mass is 625 g/mol. The van der Waals surface area contributed by atoms with Gasteiger partial charge in [-0.2, -0.15) is 0 Å². The number of hydrogen-bond donors (Lipinski definition) is 0. The Labute approximate surface area is 263 Å². The molecule has 0 saturated heterocycles. The summed E-state index contributed by atoms with van der Waals surface area (Å²) >= 11 is 0. The van der Waals surface area contributed by atoms with Crippen LogP contribution in [-0.2, 0) is 27.7 Å². The van der Waals surface area contributed by atoms with E-state index in [2.05, 4.69) is 9.97 Å². The zero-order valence-corrected chi connectivity index (χ0v) is 26.2. The fraction of sp³-hybridized carbons (Fsp3) is 0.229. The summed E-state index contributed by atoms with van der Waals surface area (Å²) in [6.07, 6.45) is 1.45. The van der Waals surface area contributed by atoms with Gasteiger partial charge in [0.15, 0.2) is 11.5 Å². The molecule has 45 heavy (non-hydrogen) atoms. The van der Waals surface area contributed by atoms with E-state index >= 15 is 0 Å². The molecule has 0 aliphatic carbocycles. The number of rotatable bonds is 13. The third-order valence-corrected chi connectivity index (χ3v) is 8.82. The molecule has 0 fully saturated rings. The molecule has 9 nitrogen and oxygen atoms in total. The van der Waals surface area contributed by atoms with E-state index in [1.807, 2.05) is 72.8 Å². The highest BCUT2D eigenvalue weighted by atomic mass is 32.2. The Kier molecular flexibility index (Phi) is 10.1. The van der Waals surface area contributed by atoms with Crippen molar-refractivity contribution < 1.29 is 22.6 Å². The van der Waals surface area contributed by atoms with Gasteiger partial charge in [-0.25, -0.2) is 18.4 Å². The van der Waals surface area contributed by atoms with Crippen LogP contribution in [0.15, 0.2) is 113 Å². The molecule has 5 aromatic rings. The number of hydrogen-bond acceptors (Lipinski definition) is 8. The van der Waals surface area contributed by atoms with Gasteiger partial charge in [0.25, 0.3) is 5.56 Å². The van der Waals surface area contributed by atoms with Crippen molar-refractivity contribution in [3.8, 4) is 22.8 Å². The summed E-state index contributed by atoms with van der Waals surface area (Å²) in [6.45, 7) is 2.34. The lowest BCUT2D eigenvalue weighted by molar-refractivity contribution is 0.0376. The fourth-order valence-electron chi connectivity index (χ4n) is 4.95. The third-order valence-electron chi connectivity index (χ3n) is 7.31. The number of pyridine rings is 1. The molecule has 10 heteroatoms. The molecule has 0 radical (unpaired) electrons. The molecule has 0 amide bonds. The van der Waals surface area contributed by atoms with Crippen LogP contribution in [0.4, 0.5) is 0 Å². The number of sulfone groups is 1. The summed E-state index contributed by atoms with van der Waals surface area (Å²) in [7, 11) is -0.764. The van der Waals surface area contributed by atoms with Crippen molar-refractivity contribution in [2.75, 3.05) is 20.0 Å². The van der Waals surface area contributed by atoms with Gasteiger partial charge >= 0.3 is 0 Å². The molecule has 2 aromatic heterocycles. The van der Waals surface area contributed by atoms with Crippen molar-refractivity contribution in [2.24, 2.45) is 0 Å².